The Balaban J connectivity index is 1.86. The van der Waals surface area contributed by atoms with E-state index in [2.05, 4.69) is 10.6 Å². The minimum Gasteiger partial charge on any atom is -0.423 e. The maximum atomic E-state index is 13.1. The fourth-order valence-electron chi connectivity index (χ4n) is 3.29. The first-order valence-corrected chi connectivity index (χ1v) is 8.61. The van der Waals surface area contributed by atoms with Crippen LogP contribution in [0, 0.1) is 0 Å². The second-order valence-corrected chi connectivity index (χ2v) is 6.45. The summed E-state index contributed by atoms with van der Waals surface area (Å²) in [4.78, 5) is 37.6. The molecule has 0 radical (unpaired) electrons. The van der Waals surface area contributed by atoms with E-state index in [4.69, 9.17) is 4.42 Å². The molecular weight excluding hydrogens is 379 g/mol. The zero-order valence-electron chi connectivity index (χ0n) is 14.9. The third kappa shape index (κ3) is 4.01. The van der Waals surface area contributed by atoms with E-state index in [-0.39, 0.29) is 29.1 Å². The third-order valence-corrected chi connectivity index (χ3v) is 4.52. The van der Waals surface area contributed by atoms with Crippen molar-refractivity contribution in [1.29, 1.82) is 0 Å². The molecule has 1 saturated heterocycles. The number of likely N-dealkylation sites (tertiary alicyclic amines) is 1. The molecule has 3 rings (SSSR count). The van der Waals surface area contributed by atoms with Crippen LogP contribution < -0.4 is 16.3 Å². The van der Waals surface area contributed by atoms with E-state index < -0.39 is 29.3 Å². The fourth-order valence-corrected chi connectivity index (χ4v) is 3.29. The molecule has 1 atom stereocenters. The number of anilines is 1. The van der Waals surface area contributed by atoms with Gasteiger partial charge in [0, 0.05) is 29.8 Å². The van der Waals surface area contributed by atoms with Crippen molar-refractivity contribution in [2.24, 2.45) is 0 Å². The van der Waals surface area contributed by atoms with Crippen molar-refractivity contribution >= 4 is 28.5 Å². The Kier molecular flexibility index (Phi) is 5.41. The molecule has 1 aromatic heterocycles. The lowest BCUT2D eigenvalue weighted by Gasteiger charge is -2.24. The quantitative estimate of drug-likeness (QED) is 0.770. The van der Waals surface area contributed by atoms with E-state index in [0.717, 1.165) is 6.07 Å². The van der Waals surface area contributed by atoms with Crippen molar-refractivity contribution in [1.82, 2.24) is 10.2 Å². The smallest absolute Gasteiger partial charge is 0.417 e. The van der Waals surface area contributed by atoms with Gasteiger partial charge >= 0.3 is 11.8 Å². The first-order valence-electron chi connectivity index (χ1n) is 8.61. The second kappa shape index (κ2) is 7.63. The molecule has 1 aromatic carbocycles. The average Bonchev–Trinajstić information content (AvgIpc) is 3.10. The van der Waals surface area contributed by atoms with Crippen LogP contribution in [-0.2, 0) is 15.8 Å². The Hall–Kier alpha value is -2.88. The van der Waals surface area contributed by atoms with E-state index in [1.54, 1.807) is 7.05 Å². The molecule has 0 aliphatic carbocycles. The van der Waals surface area contributed by atoms with Gasteiger partial charge in [0.25, 0.3) is 0 Å². The lowest BCUT2D eigenvalue weighted by atomic mass is 10.1. The molecule has 2 heterocycles. The number of halogens is 3. The predicted molar refractivity (Wildman–Crippen MR) is 94.8 cm³/mol. The molecule has 7 nitrogen and oxygen atoms in total. The van der Waals surface area contributed by atoms with Crippen LogP contribution in [0.4, 0.5) is 18.9 Å². The molecule has 2 aromatic rings. The van der Waals surface area contributed by atoms with Crippen LogP contribution in [0.25, 0.3) is 11.0 Å². The topological polar surface area (TPSA) is 91.7 Å². The summed E-state index contributed by atoms with van der Waals surface area (Å²) in [6.07, 6.45) is -3.55. The summed E-state index contributed by atoms with van der Waals surface area (Å²) in [7, 11) is 1.63. The number of hydrogen-bond donors (Lipinski definition) is 2. The average molecular weight is 397 g/mol. The van der Waals surface area contributed by atoms with Gasteiger partial charge in [-0.15, -0.1) is 0 Å². The third-order valence-electron chi connectivity index (χ3n) is 4.52. The highest BCUT2D eigenvalue weighted by molar-refractivity contribution is 5.99. The van der Waals surface area contributed by atoms with Crippen LogP contribution >= 0.6 is 0 Å². The number of benzene rings is 1. The molecule has 0 bridgehead atoms. The summed E-state index contributed by atoms with van der Waals surface area (Å²) < 4.78 is 44.2. The van der Waals surface area contributed by atoms with Crippen molar-refractivity contribution in [3.63, 3.8) is 0 Å². The molecule has 0 spiro atoms. The van der Waals surface area contributed by atoms with Gasteiger partial charge in [0.05, 0.1) is 12.1 Å². The monoisotopic (exact) mass is 397 g/mol. The Morgan fingerprint density at radius 2 is 2.04 bits per heavy atom. The van der Waals surface area contributed by atoms with Crippen LogP contribution in [0.2, 0.25) is 0 Å². The molecule has 0 unspecified atom stereocenters. The van der Waals surface area contributed by atoms with Gasteiger partial charge in [0.1, 0.15) is 11.6 Å². The Morgan fingerprint density at radius 3 is 2.71 bits per heavy atom. The lowest BCUT2D eigenvalue weighted by Crippen LogP contribution is -2.46. The molecule has 2 amide bonds. The number of likely N-dealkylation sites (N-methyl/N-ethyl adjacent to an activating group) is 1. The number of rotatable bonds is 4. The number of alkyl halides is 3. The molecule has 0 saturated carbocycles. The predicted octanol–water partition coefficient (Wildman–Crippen LogP) is 1.96. The van der Waals surface area contributed by atoms with Gasteiger partial charge in [0.2, 0.25) is 11.8 Å². The summed E-state index contributed by atoms with van der Waals surface area (Å²) >= 11 is 0. The van der Waals surface area contributed by atoms with Gasteiger partial charge in [-0.3, -0.25) is 9.59 Å². The standard InChI is InChI=1S/C18H18F3N3O4/c1-22-9-15(25)24-6-2-3-13(24)17(27)23-10-4-5-11-12(18(19,20)21)8-16(26)28-14(11)7-10/h4-5,7-8,13,22H,2-3,6,9H2,1H3,(H,23,27)/t13-/m0/s1. The number of nitrogens with zero attached hydrogens (tertiary/aromatic N) is 1. The molecule has 10 heteroatoms. The van der Waals surface area contributed by atoms with Gasteiger partial charge in [-0.1, -0.05) is 0 Å². The van der Waals surface area contributed by atoms with Gasteiger partial charge in [0.15, 0.2) is 0 Å². The van der Waals surface area contributed by atoms with E-state index >= 15 is 0 Å². The molecule has 1 fully saturated rings. The van der Waals surface area contributed by atoms with Crippen LogP contribution in [0.15, 0.2) is 33.5 Å². The Labute approximate surface area is 157 Å². The van der Waals surface area contributed by atoms with Gasteiger partial charge in [-0.25, -0.2) is 4.79 Å². The van der Waals surface area contributed by atoms with Crippen molar-refractivity contribution in [2.75, 3.05) is 25.5 Å². The minimum absolute atomic E-state index is 0.102. The summed E-state index contributed by atoms with van der Waals surface area (Å²) in [5.74, 6) is -0.657. The zero-order valence-corrected chi connectivity index (χ0v) is 14.9. The van der Waals surface area contributed by atoms with E-state index in [1.807, 2.05) is 0 Å². The summed E-state index contributed by atoms with van der Waals surface area (Å²) in [5, 5.41) is 5.04. The van der Waals surface area contributed by atoms with Crippen molar-refractivity contribution in [3.05, 3.63) is 40.2 Å². The van der Waals surface area contributed by atoms with Gasteiger partial charge in [-0.05, 0) is 32.0 Å². The van der Waals surface area contributed by atoms with E-state index in [9.17, 15) is 27.6 Å². The summed E-state index contributed by atoms with van der Waals surface area (Å²) in [6, 6.07) is 3.33. The number of fused-ring (bicyclic) bond motifs is 1. The molecule has 2 N–H and O–H groups in total. The molecule has 150 valence electrons. The van der Waals surface area contributed by atoms with Crippen LogP contribution in [-0.4, -0.2) is 42.9 Å². The fraction of sp³-hybridized carbons (Fsp3) is 0.389. The number of hydrogen-bond acceptors (Lipinski definition) is 5. The molecule has 28 heavy (non-hydrogen) atoms. The first-order chi connectivity index (χ1) is 13.2. The highest BCUT2D eigenvalue weighted by Gasteiger charge is 2.35. The van der Waals surface area contributed by atoms with Crippen molar-refractivity contribution in [2.45, 2.75) is 25.1 Å². The van der Waals surface area contributed by atoms with Gasteiger partial charge in [-0.2, -0.15) is 13.2 Å². The highest BCUT2D eigenvalue weighted by atomic mass is 19.4. The molecular formula is C18H18F3N3O4. The number of nitrogens with one attached hydrogen (secondary N) is 2. The summed E-state index contributed by atoms with van der Waals surface area (Å²) in [6.45, 7) is 0.561. The van der Waals surface area contributed by atoms with Crippen molar-refractivity contribution < 1.29 is 27.2 Å². The summed E-state index contributed by atoms with van der Waals surface area (Å²) in [5.41, 5.74) is -2.35. The molecule has 1 aliphatic heterocycles. The highest BCUT2D eigenvalue weighted by Crippen LogP contribution is 2.34. The number of amides is 2. The maximum absolute atomic E-state index is 13.1. The second-order valence-electron chi connectivity index (χ2n) is 6.45. The number of carbonyl (C=O) groups is 2. The first kappa shape index (κ1) is 19.9. The van der Waals surface area contributed by atoms with Gasteiger partial charge < -0.3 is 20.0 Å². The normalized spacial score (nSPS) is 17.1. The lowest BCUT2D eigenvalue weighted by molar-refractivity contribution is -0.136. The van der Waals surface area contributed by atoms with Crippen LogP contribution in [0.3, 0.4) is 0 Å². The van der Waals surface area contributed by atoms with E-state index in [0.29, 0.717) is 25.5 Å². The molecule has 1 aliphatic rings. The number of carbonyl (C=O) groups excluding carboxylic acids is 2. The van der Waals surface area contributed by atoms with Crippen LogP contribution in [0.1, 0.15) is 18.4 Å². The Morgan fingerprint density at radius 1 is 1.29 bits per heavy atom. The maximum Gasteiger partial charge on any atom is 0.417 e. The van der Waals surface area contributed by atoms with E-state index in [1.165, 1.54) is 17.0 Å². The van der Waals surface area contributed by atoms with Crippen LogP contribution in [0.5, 0.6) is 0 Å². The Bertz CT molecular complexity index is 971. The SMILES string of the molecule is CNCC(=O)N1CCC[C@H]1C(=O)Nc1ccc2c(C(F)(F)F)cc(=O)oc2c1. The van der Waals surface area contributed by atoms with Crippen molar-refractivity contribution in [3.8, 4) is 0 Å². The largest absolute Gasteiger partial charge is 0.423 e. The minimum atomic E-state index is -4.71. The zero-order chi connectivity index (χ0) is 20.5.